The molecule has 1 amide bonds. The van der Waals surface area contributed by atoms with Crippen molar-refractivity contribution in [1.29, 1.82) is 0 Å². The number of halogens is 1. The zero-order valence-electron chi connectivity index (χ0n) is 16.1. The SMILES string of the molecule is Cc1ccc2cc(C(=O)N3CCN(S(=O)(=O)c4ccc(Cl)s4)CC3)c(C)nc2c1. The average molecular weight is 450 g/mol. The molecule has 0 radical (unpaired) electrons. The molecule has 0 spiro atoms. The minimum atomic E-state index is -3.58. The summed E-state index contributed by atoms with van der Waals surface area (Å²) in [6.45, 7) is 5.01. The number of hydrogen-bond acceptors (Lipinski definition) is 5. The molecular weight excluding hydrogens is 430 g/mol. The number of aromatic nitrogens is 1. The van der Waals surface area contributed by atoms with Crippen molar-refractivity contribution < 1.29 is 13.2 Å². The summed E-state index contributed by atoms with van der Waals surface area (Å²) in [7, 11) is -3.58. The van der Waals surface area contributed by atoms with Crippen LogP contribution >= 0.6 is 22.9 Å². The lowest BCUT2D eigenvalue weighted by Gasteiger charge is -2.34. The van der Waals surface area contributed by atoms with Gasteiger partial charge in [0.2, 0.25) is 0 Å². The number of aryl methyl sites for hydroxylation is 2. The van der Waals surface area contributed by atoms with Crippen molar-refractivity contribution in [3.63, 3.8) is 0 Å². The number of sulfonamides is 1. The lowest BCUT2D eigenvalue weighted by Crippen LogP contribution is -2.50. The fourth-order valence-electron chi connectivity index (χ4n) is 3.46. The Morgan fingerprint density at radius 3 is 2.45 bits per heavy atom. The third-order valence-corrected chi connectivity index (χ3v) is 8.66. The van der Waals surface area contributed by atoms with Crippen LogP contribution in [0.1, 0.15) is 21.6 Å². The van der Waals surface area contributed by atoms with Crippen molar-refractivity contribution in [2.24, 2.45) is 0 Å². The highest BCUT2D eigenvalue weighted by Crippen LogP contribution is 2.29. The number of thiophene rings is 1. The van der Waals surface area contributed by atoms with Crippen molar-refractivity contribution >= 4 is 49.8 Å². The van der Waals surface area contributed by atoms with Crippen LogP contribution in [0.2, 0.25) is 4.34 Å². The quantitative estimate of drug-likeness (QED) is 0.611. The van der Waals surface area contributed by atoms with Gasteiger partial charge in [-0.15, -0.1) is 11.3 Å². The first-order valence-corrected chi connectivity index (χ1v) is 11.8. The third-order valence-electron chi connectivity index (χ3n) is 5.06. The summed E-state index contributed by atoms with van der Waals surface area (Å²) in [5.74, 6) is -0.117. The second-order valence-electron chi connectivity index (χ2n) is 7.07. The summed E-state index contributed by atoms with van der Waals surface area (Å²) in [5.41, 5.74) is 3.22. The van der Waals surface area contributed by atoms with Gasteiger partial charge in [0, 0.05) is 31.6 Å². The predicted molar refractivity (Wildman–Crippen MR) is 115 cm³/mol. The van der Waals surface area contributed by atoms with E-state index in [1.807, 2.05) is 38.1 Å². The number of amides is 1. The van der Waals surface area contributed by atoms with Gasteiger partial charge in [-0.1, -0.05) is 23.7 Å². The molecule has 3 heterocycles. The number of benzene rings is 1. The normalized spacial score (nSPS) is 15.8. The van der Waals surface area contributed by atoms with Gasteiger partial charge in [0.15, 0.2) is 0 Å². The highest BCUT2D eigenvalue weighted by molar-refractivity contribution is 7.91. The van der Waals surface area contributed by atoms with Crippen LogP contribution in [-0.2, 0) is 10.0 Å². The predicted octanol–water partition coefficient (Wildman–Crippen LogP) is 3.71. The number of piperazine rings is 1. The smallest absolute Gasteiger partial charge is 0.255 e. The molecular formula is C20H20ClN3O3S2. The number of pyridine rings is 1. The fourth-order valence-corrected chi connectivity index (χ4v) is 6.51. The largest absolute Gasteiger partial charge is 0.336 e. The van der Waals surface area contributed by atoms with Gasteiger partial charge < -0.3 is 4.90 Å². The van der Waals surface area contributed by atoms with Gasteiger partial charge >= 0.3 is 0 Å². The molecule has 0 saturated carbocycles. The summed E-state index contributed by atoms with van der Waals surface area (Å²) in [4.78, 5) is 19.3. The highest BCUT2D eigenvalue weighted by atomic mass is 35.5. The van der Waals surface area contributed by atoms with Crippen LogP contribution in [0.4, 0.5) is 0 Å². The molecule has 1 aromatic carbocycles. The van der Waals surface area contributed by atoms with Crippen molar-refractivity contribution in [3.8, 4) is 0 Å². The Morgan fingerprint density at radius 2 is 1.79 bits per heavy atom. The van der Waals surface area contributed by atoms with E-state index in [0.29, 0.717) is 28.7 Å². The molecule has 1 aliphatic heterocycles. The van der Waals surface area contributed by atoms with Gasteiger partial charge in [0.25, 0.3) is 15.9 Å². The average Bonchev–Trinajstić information content (AvgIpc) is 3.14. The number of fused-ring (bicyclic) bond motifs is 1. The molecule has 6 nitrogen and oxygen atoms in total. The molecule has 0 aliphatic carbocycles. The van der Waals surface area contributed by atoms with E-state index < -0.39 is 10.0 Å². The molecule has 0 N–H and O–H groups in total. The molecule has 1 aliphatic rings. The van der Waals surface area contributed by atoms with Crippen molar-refractivity contribution in [2.45, 2.75) is 18.1 Å². The number of carbonyl (C=O) groups is 1. The van der Waals surface area contributed by atoms with Crippen LogP contribution in [0.15, 0.2) is 40.6 Å². The summed E-state index contributed by atoms with van der Waals surface area (Å²) in [5, 5.41) is 0.917. The lowest BCUT2D eigenvalue weighted by molar-refractivity contribution is 0.0697. The topological polar surface area (TPSA) is 70.6 Å². The molecule has 1 fully saturated rings. The van der Waals surface area contributed by atoms with Gasteiger partial charge in [0.1, 0.15) is 4.21 Å². The number of rotatable bonds is 3. The summed E-state index contributed by atoms with van der Waals surface area (Å²) >= 11 is 6.92. The van der Waals surface area contributed by atoms with E-state index in [9.17, 15) is 13.2 Å². The molecule has 0 bridgehead atoms. The first-order chi connectivity index (χ1) is 13.8. The maximum absolute atomic E-state index is 13.1. The Hall–Kier alpha value is -2.00. The highest BCUT2D eigenvalue weighted by Gasteiger charge is 2.31. The van der Waals surface area contributed by atoms with E-state index in [-0.39, 0.29) is 23.2 Å². The molecule has 3 aromatic rings. The Kier molecular flexibility index (Phi) is 5.37. The molecule has 1 saturated heterocycles. The molecule has 152 valence electrons. The Morgan fingerprint density at radius 1 is 1.07 bits per heavy atom. The fraction of sp³-hybridized carbons (Fsp3) is 0.300. The second-order valence-corrected chi connectivity index (χ2v) is 11.0. The number of nitrogens with zero attached hydrogens (tertiary/aromatic N) is 3. The van der Waals surface area contributed by atoms with E-state index in [0.717, 1.165) is 27.8 Å². The zero-order valence-corrected chi connectivity index (χ0v) is 18.4. The standard InChI is InChI=1S/C20H20ClN3O3S2/c1-13-3-4-15-12-16(14(2)22-17(15)11-13)20(25)23-7-9-24(10-8-23)29(26,27)19-6-5-18(21)28-19/h3-6,11-12H,7-10H2,1-2H3. The molecule has 0 atom stereocenters. The van der Waals surface area contributed by atoms with Crippen LogP contribution in [-0.4, -0.2) is 54.7 Å². The first kappa shape index (κ1) is 20.3. The zero-order chi connectivity index (χ0) is 20.8. The Bertz CT molecular complexity index is 1200. The number of carbonyl (C=O) groups excluding carboxylic acids is 1. The van der Waals surface area contributed by atoms with Crippen LogP contribution in [0.3, 0.4) is 0 Å². The van der Waals surface area contributed by atoms with E-state index in [1.54, 1.807) is 11.0 Å². The van der Waals surface area contributed by atoms with E-state index in [4.69, 9.17) is 11.6 Å². The van der Waals surface area contributed by atoms with Crippen molar-refractivity contribution in [1.82, 2.24) is 14.2 Å². The van der Waals surface area contributed by atoms with Crippen LogP contribution < -0.4 is 0 Å². The van der Waals surface area contributed by atoms with Gasteiger partial charge in [-0.25, -0.2) is 8.42 Å². The molecule has 9 heteroatoms. The van der Waals surface area contributed by atoms with E-state index in [2.05, 4.69) is 4.98 Å². The van der Waals surface area contributed by atoms with Gasteiger partial charge in [-0.2, -0.15) is 4.31 Å². The van der Waals surface area contributed by atoms with Crippen LogP contribution in [0.5, 0.6) is 0 Å². The van der Waals surface area contributed by atoms with Crippen molar-refractivity contribution in [3.05, 3.63) is 57.6 Å². The van der Waals surface area contributed by atoms with Crippen LogP contribution in [0, 0.1) is 13.8 Å². The molecule has 29 heavy (non-hydrogen) atoms. The third kappa shape index (κ3) is 3.90. The molecule has 2 aromatic heterocycles. The minimum absolute atomic E-state index is 0.117. The maximum atomic E-state index is 13.1. The van der Waals surface area contributed by atoms with Gasteiger partial charge in [-0.3, -0.25) is 9.78 Å². The molecule has 4 rings (SSSR count). The minimum Gasteiger partial charge on any atom is -0.336 e. The summed E-state index contributed by atoms with van der Waals surface area (Å²) in [6.07, 6.45) is 0. The lowest BCUT2D eigenvalue weighted by atomic mass is 10.1. The van der Waals surface area contributed by atoms with Crippen molar-refractivity contribution in [2.75, 3.05) is 26.2 Å². The maximum Gasteiger partial charge on any atom is 0.255 e. The van der Waals surface area contributed by atoms with Gasteiger partial charge in [-0.05, 0) is 43.7 Å². The van der Waals surface area contributed by atoms with Gasteiger partial charge in [0.05, 0.1) is 21.1 Å². The summed E-state index contributed by atoms with van der Waals surface area (Å²) in [6, 6.07) is 10.9. The first-order valence-electron chi connectivity index (χ1n) is 9.18. The monoisotopic (exact) mass is 449 g/mol. The molecule has 0 unspecified atom stereocenters. The Balaban J connectivity index is 1.51. The van der Waals surface area contributed by atoms with E-state index >= 15 is 0 Å². The van der Waals surface area contributed by atoms with E-state index in [1.165, 1.54) is 10.4 Å². The second kappa shape index (κ2) is 7.68. The van der Waals surface area contributed by atoms with Crippen LogP contribution in [0.25, 0.3) is 10.9 Å². The number of hydrogen-bond donors (Lipinski definition) is 0. The Labute approximate surface area is 178 Å². The summed E-state index contributed by atoms with van der Waals surface area (Å²) < 4.78 is 27.6.